The smallest absolute Gasteiger partial charge is 0.334 e. The van der Waals surface area contributed by atoms with Crippen LogP contribution in [-0.4, -0.2) is 26.7 Å². The van der Waals surface area contributed by atoms with Crippen LogP contribution < -0.4 is 0 Å². The summed E-state index contributed by atoms with van der Waals surface area (Å²) >= 11 is 0. The summed E-state index contributed by atoms with van der Waals surface area (Å²) in [6.07, 6.45) is 12.1. The van der Waals surface area contributed by atoms with E-state index in [2.05, 4.69) is 13.5 Å². The van der Waals surface area contributed by atoms with E-state index in [1.807, 2.05) is 6.92 Å². The lowest BCUT2D eigenvalue weighted by Crippen LogP contribution is -2.17. The highest BCUT2D eigenvalue weighted by Gasteiger charge is 2.20. The molecule has 0 aliphatic heterocycles. The minimum absolute atomic E-state index is 0.0207. The Morgan fingerprint density at radius 2 is 1.39 bits per heavy atom. The molecule has 0 aliphatic rings. The van der Waals surface area contributed by atoms with Gasteiger partial charge in [0.25, 0.3) is 0 Å². The van der Waals surface area contributed by atoms with Crippen LogP contribution in [0.15, 0.2) is 41.3 Å². The fourth-order valence-corrected chi connectivity index (χ4v) is 4.27. The zero-order valence-corrected chi connectivity index (χ0v) is 18.4. The minimum Gasteiger partial charge on any atom is -0.462 e. The van der Waals surface area contributed by atoms with Crippen molar-refractivity contribution in [3.63, 3.8) is 0 Å². The normalized spacial score (nSPS) is 11.4. The Kier molecular flexibility index (Phi) is 11.8. The van der Waals surface area contributed by atoms with Gasteiger partial charge in [0.1, 0.15) is 0 Å². The van der Waals surface area contributed by atoms with Crippen LogP contribution in [0.2, 0.25) is 0 Å². The van der Waals surface area contributed by atoms with Gasteiger partial charge in [-0.25, -0.2) is 13.2 Å². The molecule has 0 saturated heterocycles. The van der Waals surface area contributed by atoms with Gasteiger partial charge in [-0.1, -0.05) is 89.0 Å². The second-order valence-corrected chi connectivity index (χ2v) is 9.48. The maximum atomic E-state index is 12.3. The van der Waals surface area contributed by atoms with Crippen molar-refractivity contribution in [1.29, 1.82) is 0 Å². The van der Waals surface area contributed by atoms with Crippen LogP contribution in [0, 0.1) is 6.92 Å². The van der Waals surface area contributed by atoms with E-state index in [-0.39, 0.29) is 10.5 Å². The van der Waals surface area contributed by atoms with E-state index >= 15 is 0 Å². The molecule has 0 saturated carbocycles. The molecule has 0 heterocycles. The zero-order chi connectivity index (χ0) is 20.8. The van der Waals surface area contributed by atoms with Crippen molar-refractivity contribution in [2.75, 3.05) is 12.4 Å². The van der Waals surface area contributed by atoms with E-state index in [9.17, 15) is 13.2 Å². The second-order valence-electron chi connectivity index (χ2n) is 7.49. The van der Waals surface area contributed by atoms with E-state index in [0.29, 0.717) is 6.61 Å². The van der Waals surface area contributed by atoms with Crippen molar-refractivity contribution in [3.05, 3.63) is 42.0 Å². The number of hydrogen-bond acceptors (Lipinski definition) is 4. The topological polar surface area (TPSA) is 60.4 Å². The van der Waals surface area contributed by atoms with Crippen molar-refractivity contribution in [2.24, 2.45) is 0 Å². The molecule has 0 aromatic heterocycles. The number of hydrogen-bond donors (Lipinski definition) is 0. The summed E-state index contributed by atoms with van der Waals surface area (Å²) in [5.74, 6) is -1.03. The number of aryl methyl sites for hydroxylation is 1. The maximum absolute atomic E-state index is 12.3. The molecular weight excluding hydrogens is 372 g/mol. The molecule has 5 heteroatoms. The molecule has 0 bridgehead atoms. The monoisotopic (exact) mass is 408 g/mol. The molecule has 1 aromatic rings. The second kappa shape index (κ2) is 13.5. The third kappa shape index (κ3) is 10.1. The predicted octanol–water partition coefficient (Wildman–Crippen LogP) is 5.79. The summed E-state index contributed by atoms with van der Waals surface area (Å²) in [4.78, 5) is 12.2. The molecule has 0 fully saturated rings. The summed E-state index contributed by atoms with van der Waals surface area (Å²) in [7, 11) is -3.58. The third-order valence-electron chi connectivity index (χ3n) is 4.76. The Balaban J connectivity index is 2.16. The van der Waals surface area contributed by atoms with Crippen molar-refractivity contribution < 1.29 is 17.9 Å². The van der Waals surface area contributed by atoms with E-state index in [1.165, 1.54) is 44.9 Å². The van der Waals surface area contributed by atoms with Crippen molar-refractivity contribution in [2.45, 2.75) is 83.0 Å². The minimum atomic E-state index is -3.58. The molecule has 0 N–H and O–H groups in total. The van der Waals surface area contributed by atoms with Crippen LogP contribution in [0.5, 0.6) is 0 Å². The Bertz CT molecular complexity index is 690. The summed E-state index contributed by atoms with van der Waals surface area (Å²) < 4.78 is 29.9. The van der Waals surface area contributed by atoms with E-state index in [4.69, 9.17) is 4.74 Å². The quantitative estimate of drug-likeness (QED) is 0.209. The maximum Gasteiger partial charge on any atom is 0.334 e. The Morgan fingerprint density at radius 3 is 1.93 bits per heavy atom. The van der Waals surface area contributed by atoms with Gasteiger partial charge in [-0.3, -0.25) is 0 Å². The van der Waals surface area contributed by atoms with Gasteiger partial charge in [0, 0.05) is 5.57 Å². The Morgan fingerprint density at radius 1 is 0.893 bits per heavy atom. The molecule has 1 aromatic carbocycles. The first-order chi connectivity index (χ1) is 13.4. The van der Waals surface area contributed by atoms with Crippen LogP contribution >= 0.6 is 0 Å². The van der Waals surface area contributed by atoms with Crippen LogP contribution in [0.4, 0.5) is 0 Å². The highest BCUT2D eigenvalue weighted by Crippen LogP contribution is 2.15. The number of benzene rings is 1. The summed E-state index contributed by atoms with van der Waals surface area (Å²) in [5.41, 5.74) is 0.960. The van der Waals surface area contributed by atoms with Gasteiger partial charge < -0.3 is 4.74 Å². The van der Waals surface area contributed by atoms with Gasteiger partial charge in [0.15, 0.2) is 9.84 Å². The molecule has 1 rings (SSSR count). The molecule has 28 heavy (non-hydrogen) atoms. The Hall–Kier alpha value is -1.62. The lowest BCUT2D eigenvalue weighted by molar-refractivity contribution is -0.139. The molecule has 0 radical (unpaired) electrons. The first-order valence-electron chi connectivity index (χ1n) is 10.5. The average Bonchev–Trinajstić information content (AvgIpc) is 2.66. The molecule has 0 atom stereocenters. The van der Waals surface area contributed by atoms with Crippen molar-refractivity contribution in [1.82, 2.24) is 0 Å². The number of ether oxygens (including phenoxy) is 1. The van der Waals surface area contributed by atoms with E-state index in [1.54, 1.807) is 24.3 Å². The van der Waals surface area contributed by atoms with Crippen molar-refractivity contribution >= 4 is 15.8 Å². The molecule has 0 spiro atoms. The molecule has 158 valence electrons. The molecular formula is C23H36O4S. The number of carbonyl (C=O) groups excluding carboxylic acids is 1. The fourth-order valence-electron chi connectivity index (χ4n) is 2.97. The summed E-state index contributed by atoms with van der Waals surface area (Å²) in [6, 6.07) is 6.57. The standard InChI is InChI=1S/C23H36O4S/c1-4-5-6-7-8-9-10-11-12-13-18-27-23(24)21(3)19-28(25,26)22-16-14-20(2)15-17-22/h14-17H,3-13,18-19H2,1-2H3. The van der Waals surface area contributed by atoms with Crippen LogP contribution in [0.25, 0.3) is 0 Å². The molecule has 0 unspecified atom stereocenters. The van der Waals surface area contributed by atoms with Crippen molar-refractivity contribution in [3.8, 4) is 0 Å². The Labute approximate surface area is 171 Å². The lowest BCUT2D eigenvalue weighted by atomic mass is 10.1. The van der Waals surface area contributed by atoms with Crippen LogP contribution in [0.3, 0.4) is 0 Å². The molecule has 4 nitrogen and oxygen atoms in total. The van der Waals surface area contributed by atoms with Crippen LogP contribution in [0.1, 0.15) is 76.7 Å². The van der Waals surface area contributed by atoms with E-state index in [0.717, 1.165) is 24.8 Å². The highest BCUT2D eigenvalue weighted by molar-refractivity contribution is 7.91. The third-order valence-corrected chi connectivity index (χ3v) is 6.48. The van der Waals surface area contributed by atoms with E-state index < -0.39 is 21.6 Å². The number of esters is 1. The molecule has 0 amide bonds. The van der Waals surface area contributed by atoms with Gasteiger partial charge in [-0.05, 0) is 25.5 Å². The summed E-state index contributed by atoms with van der Waals surface area (Å²) in [6.45, 7) is 8.03. The fraction of sp³-hybridized carbons (Fsp3) is 0.609. The highest BCUT2D eigenvalue weighted by atomic mass is 32.2. The number of sulfone groups is 1. The van der Waals surface area contributed by atoms with Gasteiger partial charge in [-0.2, -0.15) is 0 Å². The zero-order valence-electron chi connectivity index (χ0n) is 17.5. The van der Waals surface area contributed by atoms with Gasteiger partial charge in [-0.15, -0.1) is 0 Å². The summed E-state index contributed by atoms with van der Waals surface area (Å²) in [5, 5.41) is 0. The number of rotatable bonds is 15. The predicted molar refractivity (Wildman–Crippen MR) is 115 cm³/mol. The number of carbonyl (C=O) groups is 1. The SMILES string of the molecule is C=C(CS(=O)(=O)c1ccc(C)cc1)C(=O)OCCCCCCCCCCCC. The van der Waals surface area contributed by atoms with Crippen LogP contribution in [-0.2, 0) is 19.4 Å². The first kappa shape index (κ1) is 24.4. The molecule has 0 aliphatic carbocycles. The first-order valence-corrected chi connectivity index (χ1v) is 12.2. The van der Waals surface area contributed by atoms with Gasteiger partial charge >= 0.3 is 5.97 Å². The largest absolute Gasteiger partial charge is 0.462 e. The van der Waals surface area contributed by atoms with Gasteiger partial charge in [0.2, 0.25) is 0 Å². The average molecular weight is 409 g/mol. The van der Waals surface area contributed by atoms with Gasteiger partial charge in [0.05, 0.1) is 17.3 Å². The lowest BCUT2D eigenvalue weighted by Gasteiger charge is -2.08. The number of unbranched alkanes of at least 4 members (excludes halogenated alkanes) is 9.